The summed E-state index contributed by atoms with van der Waals surface area (Å²) in [6, 6.07) is 20.6. The summed E-state index contributed by atoms with van der Waals surface area (Å²) in [5, 5.41) is 0. The summed E-state index contributed by atoms with van der Waals surface area (Å²) in [5.74, 6) is 0. The van der Waals surface area contributed by atoms with Gasteiger partial charge in [0, 0.05) is 28.9 Å². The lowest BCUT2D eigenvalue weighted by Crippen LogP contribution is -1.98. The van der Waals surface area contributed by atoms with Gasteiger partial charge in [-0.3, -0.25) is 0 Å². The van der Waals surface area contributed by atoms with Gasteiger partial charge < -0.3 is 11.5 Å². The molecule has 0 saturated carbocycles. The van der Waals surface area contributed by atoms with Crippen LogP contribution in [0.15, 0.2) is 60.7 Å². The minimum Gasteiger partial charge on any atom is -0.398 e. The predicted octanol–water partition coefficient (Wildman–Crippen LogP) is 4.09. The molecule has 3 aromatic carbocycles. The molecule has 0 heterocycles. The molecule has 2 nitrogen and oxygen atoms in total. The van der Waals surface area contributed by atoms with E-state index in [-0.39, 0.29) is 0 Å². The Hall–Kier alpha value is -2.74. The zero-order chi connectivity index (χ0) is 14.4. The summed E-state index contributed by atoms with van der Waals surface area (Å²) in [5.41, 5.74) is 21.3. The molecule has 0 atom stereocenters. The van der Waals surface area contributed by atoms with Crippen LogP contribution in [0.1, 0.15) is 11.1 Å². The molecule has 21 heavy (non-hydrogen) atoms. The lowest BCUT2D eigenvalue weighted by atomic mass is 9.95. The molecule has 0 aromatic heterocycles. The second-order valence-corrected chi connectivity index (χ2v) is 5.47. The van der Waals surface area contributed by atoms with Gasteiger partial charge in [-0.2, -0.15) is 0 Å². The van der Waals surface area contributed by atoms with E-state index in [0.29, 0.717) is 0 Å². The van der Waals surface area contributed by atoms with Crippen molar-refractivity contribution >= 4 is 11.4 Å². The zero-order valence-corrected chi connectivity index (χ0v) is 11.6. The molecule has 0 spiro atoms. The molecular formula is C19H16N2. The third-order valence-electron chi connectivity index (χ3n) is 4.28. The van der Waals surface area contributed by atoms with Crippen LogP contribution in [0.2, 0.25) is 0 Å². The van der Waals surface area contributed by atoms with E-state index in [2.05, 4.69) is 36.4 Å². The summed E-state index contributed by atoms with van der Waals surface area (Å²) < 4.78 is 0. The Morgan fingerprint density at radius 1 is 0.619 bits per heavy atom. The van der Waals surface area contributed by atoms with E-state index in [1.54, 1.807) is 0 Å². The number of hydrogen-bond acceptors (Lipinski definition) is 2. The monoisotopic (exact) mass is 272 g/mol. The van der Waals surface area contributed by atoms with Crippen molar-refractivity contribution in [3.05, 3.63) is 71.8 Å². The van der Waals surface area contributed by atoms with Crippen LogP contribution in [-0.4, -0.2) is 0 Å². The number of anilines is 2. The van der Waals surface area contributed by atoms with Crippen molar-refractivity contribution in [2.24, 2.45) is 0 Å². The number of benzene rings is 3. The van der Waals surface area contributed by atoms with Crippen LogP contribution in [-0.2, 0) is 6.42 Å². The number of rotatable bonds is 1. The summed E-state index contributed by atoms with van der Waals surface area (Å²) >= 11 is 0. The molecule has 0 unspecified atom stereocenters. The third kappa shape index (κ3) is 1.73. The average molecular weight is 272 g/mol. The lowest BCUT2D eigenvalue weighted by Gasteiger charge is -2.13. The molecule has 0 fully saturated rings. The SMILES string of the molecule is Nc1ccccc1-c1ccc2c(c1N)Cc1ccccc1-2. The molecule has 0 aliphatic heterocycles. The van der Waals surface area contributed by atoms with Gasteiger partial charge in [-0.05, 0) is 28.3 Å². The molecule has 102 valence electrons. The van der Waals surface area contributed by atoms with Crippen molar-refractivity contribution in [1.29, 1.82) is 0 Å². The van der Waals surface area contributed by atoms with Gasteiger partial charge in [0.2, 0.25) is 0 Å². The Morgan fingerprint density at radius 3 is 2.10 bits per heavy atom. The molecule has 0 saturated heterocycles. The van der Waals surface area contributed by atoms with Gasteiger partial charge in [0.15, 0.2) is 0 Å². The van der Waals surface area contributed by atoms with Crippen LogP contribution < -0.4 is 11.5 Å². The smallest absolute Gasteiger partial charge is 0.0436 e. The minimum atomic E-state index is 0.764. The molecule has 4 N–H and O–H groups in total. The minimum absolute atomic E-state index is 0.764. The topological polar surface area (TPSA) is 52.0 Å². The highest BCUT2D eigenvalue weighted by Crippen LogP contribution is 2.43. The fourth-order valence-electron chi connectivity index (χ4n) is 3.21. The van der Waals surface area contributed by atoms with E-state index in [0.717, 1.165) is 28.9 Å². The van der Waals surface area contributed by atoms with Crippen LogP contribution in [0.25, 0.3) is 22.3 Å². The van der Waals surface area contributed by atoms with E-state index >= 15 is 0 Å². The van der Waals surface area contributed by atoms with Crippen LogP contribution in [0, 0.1) is 0 Å². The van der Waals surface area contributed by atoms with Crippen molar-refractivity contribution in [1.82, 2.24) is 0 Å². The van der Waals surface area contributed by atoms with Crippen molar-refractivity contribution in [2.45, 2.75) is 6.42 Å². The molecular weight excluding hydrogens is 256 g/mol. The standard InChI is InChI=1S/C19H16N2/c20-18-8-4-3-7-15(18)16-10-9-14-13-6-2-1-5-12(13)11-17(14)19(16)21/h1-10H,11,20-21H2. The van der Waals surface area contributed by atoms with Gasteiger partial charge in [0.05, 0.1) is 0 Å². The Morgan fingerprint density at radius 2 is 1.29 bits per heavy atom. The largest absolute Gasteiger partial charge is 0.398 e. The summed E-state index contributed by atoms with van der Waals surface area (Å²) in [6.45, 7) is 0. The zero-order valence-electron chi connectivity index (χ0n) is 11.6. The molecule has 1 aliphatic carbocycles. The van der Waals surface area contributed by atoms with Gasteiger partial charge in [0.25, 0.3) is 0 Å². The second kappa shape index (κ2) is 4.38. The van der Waals surface area contributed by atoms with Crippen molar-refractivity contribution in [2.75, 3.05) is 11.5 Å². The van der Waals surface area contributed by atoms with E-state index < -0.39 is 0 Å². The average Bonchev–Trinajstić information content (AvgIpc) is 2.89. The maximum Gasteiger partial charge on any atom is 0.0436 e. The summed E-state index contributed by atoms with van der Waals surface area (Å²) in [6.07, 6.45) is 0.901. The van der Waals surface area contributed by atoms with Crippen molar-refractivity contribution < 1.29 is 0 Å². The van der Waals surface area contributed by atoms with Crippen LogP contribution in [0.5, 0.6) is 0 Å². The maximum atomic E-state index is 6.46. The van der Waals surface area contributed by atoms with Crippen LogP contribution in [0.4, 0.5) is 11.4 Å². The normalized spacial score (nSPS) is 12.0. The van der Waals surface area contributed by atoms with Gasteiger partial charge >= 0.3 is 0 Å². The van der Waals surface area contributed by atoms with Crippen molar-refractivity contribution in [3.63, 3.8) is 0 Å². The number of nitrogens with two attached hydrogens (primary N) is 2. The predicted molar refractivity (Wildman–Crippen MR) is 88.9 cm³/mol. The van der Waals surface area contributed by atoms with Gasteiger partial charge in [-0.1, -0.05) is 54.6 Å². The first-order valence-corrected chi connectivity index (χ1v) is 7.10. The highest BCUT2D eigenvalue weighted by atomic mass is 14.6. The second-order valence-electron chi connectivity index (χ2n) is 5.47. The van der Waals surface area contributed by atoms with Gasteiger partial charge in [-0.15, -0.1) is 0 Å². The summed E-state index contributed by atoms with van der Waals surface area (Å²) in [4.78, 5) is 0. The summed E-state index contributed by atoms with van der Waals surface area (Å²) in [7, 11) is 0. The fraction of sp³-hybridized carbons (Fsp3) is 0.0526. The first kappa shape index (κ1) is 12.0. The number of nitrogen functional groups attached to an aromatic ring is 2. The molecule has 0 amide bonds. The highest BCUT2D eigenvalue weighted by molar-refractivity contribution is 5.92. The van der Waals surface area contributed by atoms with Gasteiger partial charge in [-0.25, -0.2) is 0 Å². The Labute approximate surface area is 124 Å². The van der Waals surface area contributed by atoms with E-state index in [9.17, 15) is 0 Å². The highest BCUT2D eigenvalue weighted by Gasteiger charge is 2.22. The Balaban J connectivity index is 1.93. The molecule has 1 aliphatic rings. The van der Waals surface area contributed by atoms with E-state index in [1.807, 2.05) is 24.3 Å². The quantitative estimate of drug-likeness (QED) is 0.513. The third-order valence-corrected chi connectivity index (χ3v) is 4.28. The molecule has 0 bridgehead atoms. The number of hydrogen-bond donors (Lipinski definition) is 2. The number of para-hydroxylation sites is 1. The Bertz CT molecular complexity index is 850. The van der Waals surface area contributed by atoms with Crippen molar-refractivity contribution in [3.8, 4) is 22.3 Å². The van der Waals surface area contributed by atoms with E-state index in [4.69, 9.17) is 11.5 Å². The lowest BCUT2D eigenvalue weighted by molar-refractivity contribution is 1.27. The number of fused-ring (bicyclic) bond motifs is 3. The van der Waals surface area contributed by atoms with Crippen LogP contribution >= 0.6 is 0 Å². The molecule has 3 aromatic rings. The first-order valence-electron chi connectivity index (χ1n) is 7.10. The molecule has 2 heteroatoms. The molecule has 4 rings (SSSR count). The molecule has 0 radical (unpaired) electrons. The van der Waals surface area contributed by atoms with Gasteiger partial charge in [0.1, 0.15) is 0 Å². The van der Waals surface area contributed by atoms with Crippen LogP contribution in [0.3, 0.4) is 0 Å². The first-order chi connectivity index (χ1) is 10.3. The fourth-order valence-corrected chi connectivity index (χ4v) is 3.21. The Kier molecular flexibility index (Phi) is 2.51. The maximum absolute atomic E-state index is 6.46. The van der Waals surface area contributed by atoms with E-state index in [1.165, 1.54) is 22.3 Å².